The third-order valence-electron chi connectivity index (χ3n) is 4.03. The number of benzene rings is 2. The van der Waals surface area contributed by atoms with Crippen LogP contribution in [0.5, 0.6) is 0 Å². The zero-order chi connectivity index (χ0) is 19.6. The van der Waals surface area contributed by atoms with E-state index in [1.165, 1.54) is 25.0 Å². The Kier molecular flexibility index (Phi) is 5.03. The Morgan fingerprint density at radius 1 is 1.00 bits per heavy atom. The van der Waals surface area contributed by atoms with E-state index in [1.807, 2.05) is 0 Å². The number of rotatable bonds is 4. The second kappa shape index (κ2) is 7.41. The largest absolute Gasteiger partial charge is 0.465 e. The Morgan fingerprint density at radius 3 is 2.30 bits per heavy atom. The lowest BCUT2D eigenvalue weighted by Gasteiger charge is -2.07. The molecule has 7 heteroatoms. The van der Waals surface area contributed by atoms with Gasteiger partial charge >= 0.3 is 11.9 Å². The maximum atomic E-state index is 14.5. The number of hydrogen-bond donors (Lipinski definition) is 0. The molecule has 0 N–H and O–H groups in total. The highest BCUT2D eigenvalue weighted by Crippen LogP contribution is 2.31. The second-order valence-corrected chi connectivity index (χ2v) is 5.79. The molecule has 0 fully saturated rings. The summed E-state index contributed by atoms with van der Waals surface area (Å²) in [5.41, 5.74) is 1.10. The summed E-state index contributed by atoms with van der Waals surface area (Å²) in [6.45, 7) is 1.79. The van der Waals surface area contributed by atoms with E-state index in [1.54, 1.807) is 49.4 Å². The van der Waals surface area contributed by atoms with Crippen molar-refractivity contribution in [1.82, 2.24) is 9.78 Å². The van der Waals surface area contributed by atoms with E-state index in [0.29, 0.717) is 5.69 Å². The van der Waals surface area contributed by atoms with Crippen LogP contribution < -0.4 is 0 Å². The van der Waals surface area contributed by atoms with E-state index >= 15 is 0 Å². The SMILES string of the molecule is COC(=O)c1c(-c2cc(C)ccc2F)nn(-c2ccccc2)c1C(=O)OC. The summed E-state index contributed by atoms with van der Waals surface area (Å²) in [5, 5.41) is 4.37. The molecule has 1 aromatic heterocycles. The first-order valence-electron chi connectivity index (χ1n) is 8.09. The van der Waals surface area contributed by atoms with Crippen LogP contribution in [0.15, 0.2) is 48.5 Å². The fourth-order valence-electron chi connectivity index (χ4n) is 2.76. The molecule has 0 radical (unpaired) electrons. The van der Waals surface area contributed by atoms with Gasteiger partial charge in [0.2, 0.25) is 0 Å². The third kappa shape index (κ3) is 3.31. The summed E-state index contributed by atoms with van der Waals surface area (Å²) in [5.74, 6) is -2.17. The molecule has 3 aromatic rings. The number of methoxy groups -OCH3 is 2. The first-order valence-corrected chi connectivity index (χ1v) is 8.09. The van der Waals surface area contributed by atoms with E-state index < -0.39 is 17.8 Å². The van der Waals surface area contributed by atoms with Crippen LogP contribution in [0.2, 0.25) is 0 Å². The Morgan fingerprint density at radius 2 is 1.67 bits per heavy atom. The van der Waals surface area contributed by atoms with Gasteiger partial charge in [-0.15, -0.1) is 0 Å². The molecule has 0 saturated heterocycles. The van der Waals surface area contributed by atoms with E-state index in [0.717, 1.165) is 5.56 Å². The standard InChI is InChI=1S/C20H17FN2O4/c1-12-9-10-15(21)14(11-12)17-16(19(24)26-2)18(20(25)27-3)23(22-17)13-7-5-4-6-8-13/h4-11H,1-3H3. The molecular weight excluding hydrogens is 351 g/mol. The summed E-state index contributed by atoms with van der Waals surface area (Å²) in [6, 6.07) is 13.2. The van der Waals surface area contributed by atoms with Crippen molar-refractivity contribution < 1.29 is 23.5 Å². The van der Waals surface area contributed by atoms with Gasteiger partial charge < -0.3 is 9.47 Å². The van der Waals surface area contributed by atoms with Crippen molar-refractivity contribution in [3.8, 4) is 16.9 Å². The number of aryl methyl sites for hydroxylation is 1. The Hall–Kier alpha value is -3.48. The number of nitrogens with zero attached hydrogens (tertiary/aromatic N) is 2. The molecule has 27 heavy (non-hydrogen) atoms. The quantitative estimate of drug-likeness (QED) is 0.659. The molecule has 0 aliphatic rings. The lowest BCUT2D eigenvalue weighted by atomic mass is 10.0. The van der Waals surface area contributed by atoms with E-state index in [9.17, 15) is 14.0 Å². The first kappa shape index (κ1) is 18.3. The minimum Gasteiger partial charge on any atom is -0.465 e. The van der Waals surface area contributed by atoms with Crippen molar-refractivity contribution >= 4 is 11.9 Å². The van der Waals surface area contributed by atoms with E-state index in [2.05, 4.69) is 5.10 Å². The molecule has 0 bridgehead atoms. The lowest BCUT2D eigenvalue weighted by Crippen LogP contribution is -2.15. The molecule has 0 aliphatic carbocycles. The average molecular weight is 368 g/mol. The number of para-hydroxylation sites is 1. The molecular formula is C20H17FN2O4. The molecule has 2 aromatic carbocycles. The summed E-state index contributed by atoms with van der Waals surface area (Å²) in [4.78, 5) is 24.9. The number of halogens is 1. The average Bonchev–Trinajstić information content (AvgIpc) is 3.09. The molecule has 3 rings (SSSR count). The van der Waals surface area contributed by atoms with Gasteiger partial charge in [0, 0.05) is 5.56 Å². The van der Waals surface area contributed by atoms with Gasteiger partial charge in [-0.1, -0.05) is 29.8 Å². The number of carbonyl (C=O) groups excluding carboxylic acids is 2. The van der Waals surface area contributed by atoms with Gasteiger partial charge in [-0.2, -0.15) is 5.10 Å². The fraction of sp³-hybridized carbons (Fsp3) is 0.150. The Labute approximate surface area is 155 Å². The molecule has 0 spiro atoms. The van der Waals surface area contributed by atoms with Crippen LogP contribution in [0.25, 0.3) is 16.9 Å². The van der Waals surface area contributed by atoms with Crippen molar-refractivity contribution in [3.05, 3.63) is 71.2 Å². The number of ether oxygens (including phenoxy) is 2. The molecule has 0 unspecified atom stereocenters. The Balaban J connectivity index is 2.40. The molecule has 0 saturated carbocycles. The highest BCUT2D eigenvalue weighted by Gasteiger charge is 2.32. The predicted molar refractivity (Wildman–Crippen MR) is 96.4 cm³/mol. The minimum absolute atomic E-state index is 0.00676. The lowest BCUT2D eigenvalue weighted by molar-refractivity contribution is 0.0549. The summed E-state index contributed by atoms with van der Waals surface area (Å²) in [7, 11) is 2.37. The van der Waals surface area contributed by atoms with Crippen LogP contribution in [0.4, 0.5) is 4.39 Å². The van der Waals surface area contributed by atoms with Crippen molar-refractivity contribution in [2.24, 2.45) is 0 Å². The van der Waals surface area contributed by atoms with Crippen LogP contribution >= 0.6 is 0 Å². The Bertz CT molecular complexity index is 1010. The second-order valence-electron chi connectivity index (χ2n) is 5.79. The van der Waals surface area contributed by atoms with Gasteiger partial charge in [0.05, 0.1) is 19.9 Å². The molecule has 1 heterocycles. The van der Waals surface area contributed by atoms with Crippen LogP contribution in [0, 0.1) is 12.7 Å². The van der Waals surface area contributed by atoms with Crippen LogP contribution in [-0.2, 0) is 9.47 Å². The van der Waals surface area contributed by atoms with Crippen LogP contribution in [0.1, 0.15) is 26.4 Å². The topological polar surface area (TPSA) is 70.4 Å². The van der Waals surface area contributed by atoms with Gasteiger partial charge in [-0.05, 0) is 31.2 Å². The molecule has 6 nitrogen and oxygen atoms in total. The summed E-state index contributed by atoms with van der Waals surface area (Å²) in [6.07, 6.45) is 0. The number of esters is 2. The van der Waals surface area contributed by atoms with Crippen molar-refractivity contribution in [1.29, 1.82) is 0 Å². The zero-order valence-electron chi connectivity index (χ0n) is 15.0. The maximum Gasteiger partial charge on any atom is 0.357 e. The number of aromatic nitrogens is 2. The first-order chi connectivity index (χ1) is 13.0. The number of hydrogen-bond acceptors (Lipinski definition) is 5. The third-order valence-corrected chi connectivity index (χ3v) is 4.03. The smallest absolute Gasteiger partial charge is 0.357 e. The van der Waals surface area contributed by atoms with E-state index in [-0.39, 0.29) is 22.5 Å². The van der Waals surface area contributed by atoms with Crippen LogP contribution in [0.3, 0.4) is 0 Å². The van der Waals surface area contributed by atoms with Gasteiger partial charge in [0.1, 0.15) is 17.1 Å². The molecule has 138 valence electrons. The van der Waals surface area contributed by atoms with Crippen molar-refractivity contribution in [3.63, 3.8) is 0 Å². The van der Waals surface area contributed by atoms with E-state index in [4.69, 9.17) is 9.47 Å². The molecule has 0 amide bonds. The fourth-order valence-corrected chi connectivity index (χ4v) is 2.76. The van der Waals surface area contributed by atoms with Gasteiger partial charge in [-0.25, -0.2) is 18.7 Å². The summed E-state index contributed by atoms with van der Waals surface area (Å²) >= 11 is 0. The highest BCUT2D eigenvalue weighted by molar-refractivity contribution is 6.06. The van der Waals surface area contributed by atoms with Crippen LogP contribution in [-0.4, -0.2) is 35.9 Å². The monoisotopic (exact) mass is 368 g/mol. The molecule has 0 aliphatic heterocycles. The number of carbonyl (C=O) groups is 2. The predicted octanol–water partition coefficient (Wildman–Crippen LogP) is 3.56. The minimum atomic E-state index is -0.812. The highest BCUT2D eigenvalue weighted by atomic mass is 19.1. The van der Waals surface area contributed by atoms with Gasteiger partial charge in [0.15, 0.2) is 5.69 Å². The van der Waals surface area contributed by atoms with Gasteiger partial charge in [-0.3, -0.25) is 0 Å². The summed E-state index contributed by atoms with van der Waals surface area (Å²) < 4.78 is 25.4. The maximum absolute atomic E-state index is 14.5. The van der Waals surface area contributed by atoms with Gasteiger partial charge in [0.25, 0.3) is 0 Å². The zero-order valence-corrected chi connectivity index (χ0v) is 15.0. The van der Waals surface area contributed by atoms with Crippen molar-refractivity contribution in [2.75, 3.05) is 14.2 Å². The van der Waals surface area contributed by atoms with Crippen molar-refractivity contribution in [2.45, 2.75) is 6.92 Å². The normalized spacial score (nSPS) is 10.5. The molecule has 0 atom stereocenters.